The summed E-state index contributed by atoms with van der Waals surface area (Å²) in [6.45, 7) is 5.26. The highest BCUT2D eigenvalue weighted by molar-refractivity contribution is 6.09. The van der Waals surface area contributed by atoms with E-state index < -0.39 is 99.6 Å². The maximum Gasteiger partial charge on any atom is 0.252 e. The number of aliphatic hydroxyl groups is 9. The van der Waals surface area contributed by atoms with Gasteiger partial charge in [0, 0.05) is 55.4 Å². The lowest BCUT2D eigenvalue weighted by molar-refractivity contribution is -0.116. The van der Waals surface area contributed by atoms with Crippen molar-refractivity contribution < 1.29 is 74.7 Å². The largest absolute Gasteiger partial charge is 0.394 e. The van der Waals surface area contributed by atoms with Crippen molar-refractivity contribution in [2.24, 2.45) is 0 Å². The molecule has 5 atom stereocenters. The molecule has 21 nitrogen and oxygen atoms in total. The van der Waals surface area contributed by atoms with E-state index in [0.29, 0.717) is 6.41 Å². The first-order valence-corrected chi connectivity index (χ1v) is 20.5. The van der Waals surface area contributed by atoms with E-state index in [1.54, 1.807) is 13.8 Å². The fraction of sp³-hybridized carbons (Fsp3) is 0.571. The quantitative estimate of drug-likeness (QED) is 0.0436. The lowest BCUT2D eigenvalue weighted by Gasteiger charge is -2.33. The molecular formula is C42H64N6O15. The summed E-state index contributed by atoms with van der Waals surface area (Å²) >= 11 is 0. The minimum absolute atomic E-state index is 0.0426. The Balaban J connectivity index is 2.88. The molecule has 5 unspecified atom stereocenters. The molecule has 13 N–H and O–H groups in total. The maximum absolute atomic E-state index is 13.8. The highest BCUT2D eigenvalue weighted by Crippen LogP contribution is 2.37. The second-order valence-electron chi connectivity index (χ2n) is 15.1. The van der Waals surface area contributed by atoms with Crippen molar-refractivity contribution in [3.8, 4) is 0 Å². The molecule has 0 saturated heterocycles. The van der Waals surface area contributed by atoms with Gasteiger partial charge in [0.1, 0.15) is 0 Å². The van der Waals surface area contributed by atoms with Crippen LogP contribution in [0, 0.1) is 27.7 Å². The van der Waals surface area contributed by atoms with Gasteiger partial charge in [-0.05, 0) is 73.9 Å². The second-order valence-corrected chi connectivity index (χ2v) is 15.1. The topological polar surface area (TPSA) is 339 Å². The van der Waals surface area contributed by atoms with Crippen LogP contribution in [0.4, 0.5) is 11.4 Å². The summed E-state index contributed by atoms with van der Waals surface area (Å²) in [7, 11) is 0. The van der Waals surface area contributed by atoms with Crippen LogP contribution in [0.15, 0.2) is 0 Å². The molecule has 6 amide bonds. The molecule has 2 aromatic carbocycles. The minimum Gasteiger partial charge on any atom is -0.394 e. The smallest absolute Gasteiger partial charge is 0.252 e. The highest BCUT2D eigenvalue weighted by atomic mass is 16.3. The number of nitrogens with zero attached hydrogens (tertiary/aromatic N) is 2. The van der Waals surface area contributed by atoms with Crippen LogP contribution in [-0.2, 0) is 22.4 Å². The standard InChI is InChI=1S/C42H64N6O15/c1-8-31-35(41(62)45-12-28(57)18-51)21(3)33(39(60)43-10-26(55)16-49)23(5)37(31)47(20-53)14-30(59)15-48(25(7)54)38-24(6)34(40(61)44-11-27(56)17-50)22(4)36(32(38)9-2)42(63)46-13-29(58)19-52/h20,26-30,49-52,55-59H,8-19H2,1-7H3,(H,43,60)(H,44,61)(H,45,62)(H,46,63). The van der Waals surface area contributed by atoms with Crippen LogP contribution < -0.4 is 31.1 Å². The molecule has 0 saturated carbocycles. The third kappa shape index (κ3) is 13.5. The summed E-state index contributed by atoms with van der Waals surface area (Å²) in [6.07, 6.45) is -6.35. The molecule has 0 aromatic heterocycles. The van der Waals surface area contributed by atoms with E-state index in [9.17, 15) is 74.7 Å². The van der Waals surface area contributed by atoms with Crippen LogP contribution in [0.5, 0.6) is 0 Å². The molecule has 0 aliphatic rings. The molecule has 0 aliphatic heterocycles. The summed E-state index contributed by atoms with van der Waals surface area (Å²) < 4.78 is 0. The Hall–Kier alpha value is -5.10. The first-order chi connectivity index (χ1) is 29.7. The van der Waals surface area contributed by atoms with E-state index in [-0.39, 0.29) is 106 Å². The summed E-state index contributed by atoms with van der Waals surface area (Å²) in [5, 5.41) is 98.9. The minimum atomic E-state index is -1.60. The first kappa shape index (κ1) is 54.0. The zero-order valence-electron chi connectivity index (χ0n) is 36.8. The first-order valence-electron chi connectivity index (χ1n) is 20.5. The van der Waals surface area contributed by atoms with Crippen molar-refractivity contribution in [1.82, 2.24) is 21.3 Å². The van der Waals surface area contributed by atoms with Gasteiger partial charge in [-0.3, -0.25) is 28.8 Å². The Morgan fingerprint density at radius 1 is 0.508 bits per heavy atom. The summed E-state index contributed by atoms with van der Waals surface area (Å²) in [4.78, 5) is 83.9. The molecule has 2 rings (SSSR count). The number of hydrogen-bond acceptors (Lipinski definition) is 15. The Kier molecular flexibility index (Phi) is 21.7. The normalized spacial score (nSPS) is 13.6. The van der Waals surface area contributed by atoms with Crippen molar-refractivity contribution >= 4 is 47.3 Å². The second kappa shape index (κ2) is 25.3. The van der Waals surface area contributed by atoms with E-state index in [1.165, 1.54) is 34.6 Å². The van der Waals surface area contributed by atoms with Gasteiger partial charge in [0.05, 0.1) is 81.4 Å². The van der Waals surface area contributed by atoms with Gasteiger partial charge < -0.3 is 77.0 Å². The van der Waals surface area contributed by atoms with Gasteiger partial charge in [-0.15, -0.1) is 0 Å². The third-order valence-electron chi connectivity index (χ3n) is 10.5. The number of benzene rings is 2. The molecule has 2 aromatic rings. The molecule has 352 valence electrons. The predicted octanol–water partition coefficient (Wildman–Crippen LogP) is -3.25. The summed E-state index contributed by atoms with van der Waals surface area (Å²) in [6, 6.07) is 0. The van der Waals surface area contributed by atoms with Crippen molar-refractivity contribution in [2.75, 3.05) is 75.5 Å². The van der Waals surface area contributed by atoms with Crippen molar-refractivity contribution in [1.29, 1.82) is 0 Å². The van der Waals surface area contributed by atoms with E-state index in [2.05, 4.69) is 21.3 Å². The number of carbonyl (C=O) groups is 6. The van der Waals surface area contributed by atoms with E-state index >= 15 is 0 Å². The van der Waals surface area contributed by atoms with Crippen LogP contribution in [-0.4, -0.2) is 178 Å². The fourth-order valence-corrected chi connectivity index (χ4v) is 7.44. The number of rotatable bonds is 25. The van der Waals surface area contributed by atoms with Crippen LogP contribution in [0.1, 0.15) is 95.6 Å². The zero-order chi connectivity index (χ0) is 47.9. The molecule has 0 radical (unpaired) electrons. The van der Waals surface area contributed by atoms with Crippen LogP contribution in [0.2, 0.25) is 0 Å². The molecule has 21 heteroatoms. The molecule has 63 heavy (non-hydrogen) atoms. The molecular weight excluding hydrogens is 828 g/mol. The van der Waals surface area contributed by atoms with Crippen molar-refractivity contribution in [3.05, 3.63) is 55.6 Å². The maximum atomic E-state index is 13.8. The van der Waals surface area contributed by atoms with Gasteiger partial charge in [-0.2, -0.15) is 0 Å². The zero-order valence-corrected chi connectivity index (χ0v) is 36.8. The average Bonchev–Trinajstić information content (AvgIpc) is 3.25. The number of carbonyl (C=O) groups excluding carboxylic acids is 6. The fourth-order valence-electron chi connectivity index (χ4n) is 7.44. The van der Waals surface area contributed by atoms with Gasteiger partial charge >= 0.3 is 0 Å². The van der Waals surface area contributed by atoms with Crippen molar-refractivity contribution in [3.63, 3.8) is 0 Å². The van der Waals surface area contributed by atoms with Crippen LogP contribution in [0.3, 0.4) is 0 Å². The predicted molar refractivity (Wildman–Crippen MR) is 230 cm³/mol. The van der Waals surface area contributed by atoms with Crippen LogP contribution in [0.25, 0.3) is 0 Å². The van der Waals surface area contributed by atoms with E-state index in [4.69, 9.17) is 0 Å². The Morgan fingerprint density at radius 3 is 1.13 bits per heavy atom. The number of anilines is 2. The van der Waals surface area contributed by atoms with E-state index in [1.807, 2.05) is 0 Å². The monoisotopic (exact) mass is 892 g/mol. The van der Waals surface area contributed by atoms with E-state index in [0.717, 1.165) is 9.80 Å². The number of nitrogens with one attached hydrogen (secondary N) is 4. The molecule has 0 bridgehead atoms. The number of amides is 6. The SMILES string of the molecule is CCc1c(C(=O)NCC(O)CO)c(C)c(C(=O)NCC(O)CO)c(C)c1N(C=O)CC(O)CN(C(C)=O)c1c(C)c(C(=O)NCC(O)CO)c(C)c(C(=O)NCC(O)CO)c1CC. The number of hydrogen-bond donors (Lipinski definition) is 13. The third-order valence-corrected chi connectivity index (χ3v) is 10.5. The lowest BCUT2D eigenvalue weighted by Crippen LogP contribution is -2.44. The number of aliphatic hydroxyl groups excluding tert-OH is 9. The van der Waals surface area contributed by atoms with Gasteiger partial charge in [0.15, 0.2) is 0 Å². The van der Waals surface area contributed by atoms with Crippen molar-refractivity contribution in [2.45, 2.75) is 91.8 Å². The van der Waals surface area contributed by atoms with Gasteiger partial charge in [-0.25, -0.2) is 0 Å². The molecule has 0 spiro atoms. The molecule has 0 heterocycles. The Labute approximate surface area is 365 Å². The Bertz CT molecular complexity index is 1960. The lowest BCUT2D eigenvalue weighted by atomic mass is 9.87. The summed E-state index contributed by atoms with van der Waals surface area (Å²) in [5.41, 5.74) is 1.04. The average molecular weight is 893 g/mol. The highest BCUT2D eigenvalue weighted by Gasteiger charge is 2.33. The van der Waals surface area contributed by atoms with Gasteiger partial charge in [0.2, 0.25) is 12.3 Å². The van der Waals surface area contributed by atoms with Crippen LogP contribution >= 0.6 is 0 Å². The molecule has 0 aliphatic carbocycles. The summed E-state index contributed by atoms with van der Waals surface area (Å²) in [5.74, 6) is -3.75. The van der Waals surface area contributed by atoms with Gasteiger partial charge in [0.25, 0.3) is 23.6 Å². The molecule has 0 fully saturated rings. The Morgan fingerprint density at radius 2 is 0.825 bits per heavy atom. The van der Waals surface area contributed by atoms with Gasteiger partial charge in [-0.1, -0.05) is 13.8 Å².